The smallest absolute Gasteiger partial charge is 0.227 e. The molecule has 0 aliphatic carbocycles. The molecule has 2 saturated heterocycles. The van der Waals surface area contributed by atoms with Crippen LogP contribution in [-0.2, 0) is 4.79 Å². The van der Waals surface area contributed by atoms with Gasteiger partial charge < -0.3 is 19.7 Å². The Balaban J connectivity index is 1.84. The molecule has 1 amide bonds. The van der Waals surface area contributed by atoms with Crippen molar-refractivity contribution in [3.8, 4) is 11.5 Å². The van der Waals surface area contributed by atoms with Crippen molar-refractivity contribution in [1.82, 2.24) is 10.2 Å². The maximum Gasteiger partial charge on any atom is 0.227 e. The molecule has 2 unspecified atom stereocenters. The second kappa shape index (κ2) is 6.57. The zero-order chi connectivity index (χ0) is 15.5. The third-order valence-corrected chi connectivity index (χ3v) is 4.79. The normalized spacial score (nSPS) is 24.5. The number of rotatable bonds is 4. The van der Waals surface area contributed by atoms with E-state index in [4.69, 9.17) is 9.47 Å². The van der Waals surface area contributed by atoms with Crippen LogP contribution < -0.4 is 14.8 Å². The second-order valence-corrected chi connectivity index (χ2v) is 6.01. The van der Waals surface area contributed by atoms with E-state index in [1.54, 1.807) is 14.2 Å². The van der Waals surface area contributed by atoms with E-state index in [1.807, 2.05) is 23.1 Å². The monoisotopic (exact) mass is 304 g/mol. The first-order valence-corrected chi connectivity index (χ1v) is 7.96. The number of ether oxygens (including phenoxy) is 2. The highest BCUT2D eigenvalue weighted by Gasteiger charge is 2.38. The highest BCUT2D eigenvalue weighted by molar-refractivity contribution is 5.81. The number of likely N-dealkylation sites (tertiary alicyclic amines) is 1. The minimum absolute atomic E-state index is 0.000366. The number of nitrogens with zero attached hydrogens (tertiary/aromatic N) is 1. The van der Waals surface area contributed by atoms with Crippen molar-refractivity contribution in [3.63, 3.8) is 0 Å². The van der Waals surface area contributed by atoms with Crippen LogP contribution in [0.1, 0.15) is 24.3 Å². The van der Waals surface area contributed by atoms with Crippen molar-refractivity contribution >= 4 is 5.91 Å². The molecule has 1 aromatic carbocycles. The zero-order valence-corrected chi connectivity index (χ0v) is 13.3. The van der Waals surface area contributed by atoms with E-state index < -0.39 is 0 Å². The summed E-state index contributed by atoms with van der Waals surface area (Å²) in [6.07, 6.45) is 2.25. The van der Waals surface area contributed by atoms with E-state index in [9.17, 15) is 4.79 Å². The Bertz CT molecular complexity index is 541. The van der Waals surface area contributed by atoms with E-state index in [0.717, 1.165) is 56.1 Å². The Hall–Kier alpha value is -1.75. The summed E-state index contributed by atoms with van der Waals surface area (Å²) in [5.74, 6) is 2.01. The van der Waals surface area contributed by atoms with Gasteiger partial charge in [-0.3, -0.25) is 4.79 Å². The lowest BCUT2D eigenvalue weighted by molar-refractivity contribution is -0.134. The van der Waals surface area contributed by atoms with Crippen LogP contribution in [-0.4, -0.2) is 51.2 Å². The molecule has 2 aliphatic rings. The summed E-state index contributed by atoms with van der Waals surface area (Å²) < 4.78 is 10.8. The predicted octanol–water partition coefficient (Wildman–Crippen LogP) is 1.63. The van der Waals surface area contributed by atoms with Crippen molar-refractivity contribution in [3.05, 3.63) is 23.8 Å². The van der Waals surface area contributed by atoms with Gasteiger partial charge in [0.25, 0.3) is 0 Å². The van der Waals surface area contributed by atoms with Crippen LogP contribution in [0.25, 0.3) is 0 Å². The van der Waals surface area contributed by atoms with Crippen molar-refractivity contribution in [1.29, 1.82) is 0 Å². The lowest BCUT2D eigenvalue weighted by atomic mass is 9.87. The van der Waals surface area contributed by atoms with Crippen molar-refractivity contribution < 1.29 is 14.3 Å². The van der Waals surface area contributed by atoms with Gasteiger partial charge in [0.1, 0.15) is 11.5 Å². The van der Waals surface area contributed by atoms with Gasteiger partial charge in [-0.15, -0.1) is 0 Å². The van der Waals surface area contributed by atoms with Crippen LogP contribution >= 0.6 is 0 Å². The molecule has 0 aromatic heterocycles. The minimum Gasteiger partial charge on any atom is -0.497 e. The fourth-order valence-corrected chi connectivity index (χ4v) is 3.56. The molecule has 1 aromatic rings. The molecule has 3 rings (SSSR count). The molecule has 2 aliphatic heterocycles. The summed E-state index contributed by atoms with van der Waals surface area (Å²) in [5, 5.41) is 3.37. The van der Waals surface area contributed by atoms with E-state index in [2.05, 4.69) is 5.32 Å². The third kappa shape index (κ3) is 2.77. The molecule has 2 fully saturated rings. The highest BCUT2D eigenvalue weighted by Crippen LogP contribution is 2.37. The molecule has 5 heteroatoms. The summed E-state index contributed by atoms with van der Waals surface area (Å²) in [5.41, 5.74) is 1.09. The number of carbonyl (C=O) groups is 1. The minimum atomic E-state index is 0.000366. The van der Waals surface area contributed by atoms with Crippen LogP contribution in [0.5, 0.6) is 11.5 Å². The number of methoxy groups -OCH3 is 2. The van der Waals surface area contributed by atoms with Crippen LogP contribution in [0.4, 0.5) is 0 Å². The lowest BCUT2D eigenvalue weighted by Crippen LogP contribution is -2.36. The van der Waals surface area contributed by atoms with Gasteiger partial charge in [0, 0.05) is 38.2 Å². The maximum atomic E-state index is 12.8. The standard InChI is InChI=1S/C17H24N2O3/c1-21-12-5-6-13(16(9-12)22-2)14-10-18-11-15(14)17(20)19-7-3-4-8-19/h5-6,9,14-15,18H,3-4,7-8,10-11H2,1-2H3. The predicted molar refractivity (Wildman–Crippen MR) is 84.5 cm³/mol. The van der Waals surface area contributed by atoms with E-state index in [0.29, 0.717) is 0 Å². The Morgan fingerprint density at radius 2 is 1.95 bits per heavy atom. The van der Waals surface area contributed by atoms with Gasteiger partial charge >= 0.3 is 0 Å². The van der Waals surface area contributed by atoms with Gasteiger partial charge in [0.2, 0.25) is 5.91 Å². The largest absolute Gasteiger partial charge is 0.497 e. The number of hydrogen-bond donors (Lipinski definition) is 1. The van der Waals surface area contributed by atoms with Crippen LogP contribution in [0.2, 0.25) is 0 Å². The van der Waals surface area contributed by atoms with E-state index in [1.165, 1.54) is 0 Å². The number of hydrogen-bond acceptors (Lipinski definition) is 4. The molecule has 2 atom stereocenters. The number of nitrogens with one attached hydrogen (secondary N) is 1. The number of amides is 1. The van der Waals surface area contributed by atoms with E-state index >= 15 is 0 Å². The number of benzene rings is 1. The second-order valence-electron chi connectivity index (χ2n) is 6.01. The fraction of sp³-hybridized carbons (Fsp3) is 0.588. The first kappa shape index (κ1) is 15.2. The van der Waals surface area contributed by atoms with Crippen molar-refractivity contribution in [2.24, 2.45) is 5.92 Å². The van der Waals surface area contributed by atoms with Gasteiger partial charge in [-0.1, -0.05) is 6.07 Å². The van der Waals surface area contributed by atoms with Gasteiger partial charge in [-0.25, -0.2) is 0 Å². The van der Waals surface area contributed by atoms with Gasteiger partial charge in [-0.05, 0) is 24.5 Å². The summed E-state index contributed by atoms with van der Waals surface area (Å²) >= 11 is 0. The number of carbonyl (C=O) groups excluding carboxylic acids is 1. The molecule has 2 heterocycles. The van der Waals surface area contributed by atoms with Gasteiger partial charge in [0.15, 0.2) is 0 Å². The molecule has 0 spiro atoms. The SMILES string of the molecule is COc1ccc(C2CNCC2C(=O)N2CCCC2)c(OC)c1. The molecule has 0 bridgehead atoms. The average Bonchev–Trinajstić information content (AvgIpc) is 3.24. The first-order valence-electron chi connectivity index (χ1n) is 7.96. The molecular formula is C17H24N2O3. The lowest BCUT2D eigenvalue weighted by Gasteiger charge is -2.25. The molecule has 1 N–H and O–H groups in total. The van der Waals surface area contributed by atoms with Gasteiger partial charge in [0.05, 0.1) is 20.1 Å². The van der Waals surface area contributed by atoms with Crippen LogP contribution in [0.15, 0.2) is 18.2 Å². The Kier molecular flexibility index (Phi) is 4.52. The average molecular weight is 304 g/mol. The molecule has 5 nitrogen and oxygen atoms in total. The topological polar surface area (TPSA) is 50.8 Å². The van der Waals surface area contributed by atoms with Crippen molar-refractivity contribution in [2.75, 3.05) is 40.4 Å². The molecule has 0 radical (unpaired) electrons. The maximum absolute atomic E-state index is 12.8. The molecule has 22 heavy (non-hydrogen) atoms. The summed E-state index contributed by atoms with van der Waals surface area (Å²) in [6, 6.07) is 5.86. The van der Waals surface area contributed by atoms with Gasteiger partial charge in [-0.2, -0.15) is 0 Å². The third-order valence-electron chi connectivity index (χ3n) is 4.79. The summed E-state index contributed by atoms with van der Waals surface area (Å²) in [6.45, 7) is 3.37. The molecule has 0 saturated carbocycles. The molecule has 120 valence electrons. The summed E-state index contributed by atoms with van der Waals surface area (Å²) in [7, 11) is 3.31. The quantitative estimate of drug-likeness (QED) is 0.918. The summed E-state index contributed by atoms with van der Waals surface area (Å²) in [4.78, 5) is 14.8. The molecular weight excluding hydrogens is 280 g/mol. The fourth-order valence-electron chi connectivity index (χ4n) is 3.56. The first-order chi connectivity index (χ1) is 10.7. The Morgan fingerprint density at radius 1 is 1.18 bits per heavy atom. The van der Waals surface area contributed by atoms with Crippen molar-refractivity contribution in [2.45, 2.75) is 18.8 Å². The Morgan fingerprint density at radius 3 is 2.64 bits per heavy atom. The zero-order valence-electron chi connectivity index (χ0n) is 13.3. The van der Waals surface area contributed by atoms with E-state index in [-0.39, 0.29) is 17.7 Å². The van der Waals surface area contributed by atoms with Crippen LogP contribution in [0.3, 0.4) is 0 Å². The van der Waals surface area contributed by atoms with Crippen LogP contribution in [0, 0.1) is 5.92 Å². The highest BCUT2D eigenvalue weighted by atomic mass is 16.5. The Labute approximate surface area is 131 Å².